The first kappa shape index (κ1) is 17.0. The fraction of sp³-hybridized carbons (Fsp3) is 0.556. The van der Waals surface area contributed by atoms with E-state index in [1.165, 1.54) is 12.3 Å². The fourth-order valence-electron chi connectivity index (χ4n) is 3.43. The molecule has 1 N–H and O–H groups in total. The van der Waals surface area contributed by atoms with Gasteiger partial charge in [-0.05, 0) is 38.3 Å². The maximum atomic E-state index is 12.7. The summed E-state index contributed by atoms with van der Waals surface area (Å²) in [6.45, 7) is 2.39. The van der Waals surface area contributed by atoms with E-state index in [4.69, 9.17) is 4.52 Å². The van der Waals surface area contributed by atoms with Gasteiger partial charge in [-0.3, -0.25) is 14.5 Å². The van der Waals surface area contributed by atoms with Crippen LogP contribution in [0.5, 0.6) is 0 Å². The minimum Gasteiger partial charge on any atom is -0.339 e. The van der Waals surface area contributed by atoms with Crippen molar-refractivity contribution < 1.29 is 9.32 Å². The molecule has 0 aromatic carbocycles. The van der Waals surface area contributed by atoms with E-state index in [1.54, 1.807) is 11.0 Å². The molecular weight excluding hydrogens is 334 g/mol. The Morgan fingerprint density at radius 3 is 2.96 bits per heavy atom. The Morgan fingerprint density at radius 1 is 1.38 bits per heavy atom. The lowest BCUT2D eigenvalue weighted by molar-refractivity contribution is 0.0605. The minimum atomic E-state index is -0.210. The van der Waals surface area contributed by atoms with E-state index in [9.17, 15) is 9.59 Å². The summed E-state index contributed by atoms with van der Waals surface area (Å²) >= 11 is 0. The number of piperidine rings is 1. The molecule has 1 unspecified atom stereocenters. The van der Waals surface area contributed by atoms with Crippen LogP contribution in [0.3, 0.4) is 0 Å². The molecule has 8 nitrogen and oxygen atoms in total. The predicted octanol–water partition coefficient (Wildman–Crippen LogP) is 1.37. The zero-order valence-corrected chi connectivity index (χ0v) is 14.9. The highest BCUT2D eigenvalue weighted by molar-refractivity contribution is 5.93. The molecule has 1 amide bonds. The monoisotopic (exact) mass is 357 g/mol. The molecule has 1 saturated carbocycles. The van der Waals surface area contributed by atoms with Gasteiger partial charge < -0.3 is 14.4 Å². The van der Waals surface area contributed by atoms with Crippen LogP contribution in [0.2, 0.25) is 0 Å². The lowest BCUT2D eigenvalue weighted by Gasteiger charge is -2.37. The summed E-state index contributed by atoms with van der Waals surface area (Å²) in [5.41, 5.74) is 0.287. The Hall–Kier alpha value is -2.48. The number of likely N-dealkylation sites (N-methyl/N-ethyl adjacent to an activating group) is 1. The van der Waals surface area contributed by atoms with Gasteiger partial charge in [-0.2, -0.15) is 4.98 Å². The first-order valence-corrected chi connectivity index (χ1v) is 9.11. The van der Waals surface area contributed by atoms with Gasteiger partial charge in [0.1, 0.15) is 0 Å². The quantitative estimate of drug-likeness (QED) is 0.868. The Morgan fingerprint density at radius 2 is 2.23 bits per heavy atom. The number of aromatic nitrogens is 3. The Labute approximate surface area is 151 Å². The van der Waals surface area contributed by atoms with Crippen molar-refractivity contribution in [2.24, 2.45) is 0 Å². The van der Waals surface area contributed by atoms with Crippen LogP contribution >= 0.6 is 0 Å². The van der Waals surface area contributed by atoms with E-state index >= 15 is 0 Å². The molecule has 2 fully saturated rings. The van der Waals surface area contributed by atoms with Crippen LogP contribution in [0.4, 0.5) is 0 Å². The number of rotatable bonds is 5. The van der Waals surface area contributed by atoms with Crippen molar-refractivity contribution in [1.29, 1.82) is 0 Å². The lowest BCUT2D eigenvalue weighted by atomic mass is 10.0. The standard InChI is InChI=1S/C18H23N5O3/c1-22(18(25)13-6-7-16(24)19-9-13)14-3-2-8-23(10-14)11-15-20-17(26-21-15)12-4-5-12/h6-7,9,12,14H,2-5,8,10-11H2,1H3,(H,19,24). The molecule has 26 heavy (non-hydrogen) atoms. The molecule has 1 aliphatic carbocycles. The minimum absolute atomic E-state index is 0.0799. The summed E-state index contributed by atoms with van der Waals surface area (Å²) in [6, 6.07) is 3.07. The van der Waals surface area contributed by atoms with Crippen LogP contribution in [0.25, 0.3) is 0 Å². The summed E-state index contributed by atoms with van der Waals surface area (Å²) in [5.74, 6) is 1.87. The molecule has 2 aromatic rings. The van der Waals surface area contributed by atoms with E-state index in [2.05, 4.69) is 20.0 Å². The maximum absolute atomic E-state index is 12.7. The molecule has 0 radical (unpaired) electrons. The second kappa shape index (κ2) is 7.03. The van der Waals surface area contributed by atoms with Gasteiger partial charge in [0.15, 0.2) is 5.82 Å². The number of likely N-dealkylation sites (tertiary alicyclic amines) is 1. The number of H-pyrrole nitrogens is 1. The highest BCUT2D eigenvalue weighted by atomic mass is 16.5. The number of amides is 1. The number of nitrogens with zero attached hydrogens (tertiary/aromatic N) is 4. The number of aromatic amines is 1. The second-order valence-electron chi connectivity index (χ2n) is 7.21. The van der Waals surface area contributed by atoms with Crippen LogP contribution in [-0.2, 0) is 6.54 Å². The van der Waals surface area contributed by atoms with Crippen LogP contribution in [0, 0.1) is 0 Å². The van der Waals surface area contributed by atoms with E-state index in [-0.39, 0.29) is 17.5 Å². The van der Waals surface area contributed by atoms with Gasteiger partial charge in [0.25, 0.3) is 5.91 Å². The normalized spacial score (nSPS) is 20.9. The summed E-state index contributed by atoms with van der Waals surface area (Å²) in [4.78, 5) is 34.9. The van der Waals surface area contributed by atoms with Crippen molar-refractivity contribution in [1.82, 2.24) is 24.9 Å². The van der Waals surface area contributed by atoms with Crippen molar-refractivity contribution in [3.63, 3.8) is 0 Å². The van der Waals surface area contributed by atoms with Gasteiger partial charge in [0, 0.05) is 37.8 Å². The van der Waals surface area contributed by atoms with Crippen molar-refractivity contribution in [2.75, 3.05) is 20.1 Å². The maximum Gasteiger partial charge on any atom is 0.255 e. The SMILES string of the molecule is CN(C(=O)c1ccc(=O)[nH]c1)C1CCCN(Cc2noc(C3CC3)n2)C1. The third-order valence-corrected chi connectivity index (χ3v) is 5.16. The molecule has 0 spiro atoms. The average Bonchev–Trinajstić information content (AvgIpc) is 3.41. The van der Waals surface area contributed by atoms with Crippen LogP contribution < -0.4 is 5.56 Å². The van der Waals surface area contributed by atoms with Crippen molar-refractivity contribution >= 4 is 5.91 Å². The third-order valence-electron chi connectivity index (χ3n) is 5.16. The summed E-state index contributed by atoms with van der Waals surface area (Å²) in [5, 5.41) is 4.09. The third kappa shape index (κ3) is 3.70. The van der Waals surface area contributed by atoms with Gasteiger partial charge in [-0.25, -0.2) is 0 Å². The zero-order valence-electron chi connectivity index (χ0n) is 14.9. The van der Waals surface area contributed by atoms with Gasteiger partial charge in [-0.15, -0.1) is 0 Å². The van der Waals surface area contributed by atoms with Crippen molar-refractivity contribution in [3.8, 4) is 0 Å². The first-order valence-electron chi connectivity index (χ1n) is 9.11. The highest BCUT2D eigenvalue weighted by Gasteiger charge is 2.31. The zero-order chi connectivity index (χ0) is 18.1. The number of carbonyl (C=O) groups excluding carboxylic acids is 1. The number of nitrogens with one attached hydrogen (secondary N) is 1. The average molecular weight is 357 g/mol. The Balaban J connectivity index is 1.38. The number of pyridine rings is 1. The topological polar surface area (TPSA) is 95.3 Å². The highest BCUT2D eigenvalue weighted by Crippen LogP contribution is 2.38. The second-order valence-corrected chi connectivity index (χ2v) is 7.21. The molecule has 3 heterocycles. The fourth-order valence-corrected chi connectivity index (χ4v) is 3.43. The summed E-state index contributed by atoms with van der Waals surface area (Å²) < 4.78 is 5.33. The predicted molar refractivity (Wildman–Crippen MR) is 93.7 cm³/mol. The molecule has 2 aliphatic rings. The van der Waals surface area contributed by atoms with E-state index < -0.39 is 0 Å². The molecule has 4 rings (SSSR count). The molecule has 0 bridgehead atoms. The van der Waals surface area contributed by atoms with E-state index in [0.717, 1.165) is 50.5 Å². The Kier molecular flexibility index (Phi) is 4.58. The van der Waals surface area contributed by atoms with Crippen molar-refractivity contribution in [3.05, 3.63) is 46.0 Å². The van der Waals surface area contributed by atoms with Crippen LogP contribution in [0.15, 0.2) is 27.6 Å². The molecule has 1 aliphatic heterocycles. The number of hydrogen-bond acceptors (Lipinski definition) is 6. The van der Waals surface area contributed by atoms with E-state index in [1.807, 2.05) is 7.05 Å². The molecule has 2 aromatic heterocycles. The molecule has 1 atom stereocenters. The smallest absolute Gasteiger partial charge is 0.255 e. The van der Waals surface area contributed by atoms with E-state index in [0.29, 0.717) is 18.0 Å². The molecule has 8 heteroatoms. The van der Waals surface area contributed by atoms with Gasteiger partial charge in [0.05, 0.1) is 12.1 Å². The molecular formula is C18H23N5O3. The summed E-state index contributed by atoms with van der Waals surface area (Å²) in [7, 11) is 1.82. The molecule has 1 saturated heterocycles. The lowest BCUT2D eigenvalue weighted by Crippen LogP contribution is -2.48. The number of carbonyl (C=O) groups is 1. The summed E-state index contributed by atoms with van der Waals surface area (Å²) in [6.07, 6.45) is 5.74. The van der Waals surface area contributed by atoms with Gasteiger partial charge in [0.2, 0.25) is 11.4 Å². The first-order chi connectivity index (χ1) is 12.6. The van der Waals surface area contributed by atoms with Gasteiger partial charge in [-0.1, -0.05) is 5.16 Å². The van der Waals surface area contributed by atoms with Gasteiger partial charge >= 0.3 is 0 Å². The largest absolute Gasteiger partial charge is 0.339 e. The van der Waals surface area contributed by atoms with Crippen molar-refractivity contribution in [2.45, 2.75) is 44.2 Å². The Bertz CT molecular complexity index is 821. The van der Waals surface area contributed by atoms with Crippen LogP contribution in [0.1, 0.15) is 53.7 Å². The molecule has 138 valence electrons. The number of hydrogen-bond donors (Lipinski definition) is 1. The van der Waals surface area contributed by atoms with Crippen LogP contribution in [-0.4, -0.2) is 57.0 Å².